The van der Waals surface area contributed by atoms with E-state index in [1.807, 2.05) is 10.9 Å². The smallest absolute Gasteiger partial charge is 0.316 e. The van der Waals surface area contributed by atoms with Gasteiger partial charge in [-0.1, -0.05) is 25.2 Å². The molecule has 0 saturated carbocycles. The second kappa shape index (κ2) is 7.47. The average Bonchev–Trinajstić information content (AvgIpc) is 3.09. The Bertz CT molecular complexity index is 781. The summed E-state index contributed by atoms with van der Waals surface area (Å²) in [6, 6.07) is 0.811. The van der Waals surface area contributed by atoms with Gasteiger partial charge in [0.2, 0.25) is 0 Å². The molecule has 0 spiro atoms. The predicted octanol–water partition coefficient (Wildman–Crippen LogP) is 1.73. The number of hydrogen-bond donors (Lipinski definition) is 3. The molecule has 0 unspecified atom stereocenters. The summed E-state index contributed by atoms with van der Waals surface area (Å²) in [7, 11) is 0. The number of aryl methyl sites for hydroxylation is 1. The lowest BCUT2D eigenvalue weighted by atomic mass is 10.3. The number of primary amides is 2. The van der Waals surface area contributed by atoms with Crippen molar-refractivity contribution in [3.05, 3.63) is 33.8 Å². The topological polar surface area (TPSA) is 116 Å². The SMILES string of the molecule is CCCCn1cc(C#Cc2cc(NC(N)=O)c(C(N)=O)s2)cn1. The average molecular weight is 331 g/mol. The Morgan fingerprint density at radius 3 is 2.83 bits per heavy atom. The number of nitrogens with two attached hydrogens (primary N) is 2. The monoisotopic (exact) mass is 331 g/mol. The lowest BCUT2D eigenvalue weighted by Gasteiger charge is -1.98. The Hall–Kier alpha value is -2.79. The molecule has 23 heavy (non-hydrogen) atoms. The molecule has 2 rings (SSSR count). The minimum atomic E-state index is -0.762. The first-order valence-corrected chi connectivity index (χ1v) is 7.85. The van der Waals surface area contributed by atoms with Crippen molar-refractivity contribution in [2.75, 3.05) is 5.32 Å². The first-order valence-electron chi connectivity index (χ1n) is 7.04. The predicted molar refractivity (Wildman–Crippen MR) is 89.2 cm³/mol. The van der Waals surface area contributed by atoms with Crippen LogP contribution in [0.3, 0.4) is 0 Å². The number of aromatic nitrogens is 2. The van der Waals surface area contributed by atoms with E-state index in [1.165, 1.54) is 0 Å². The Morgan fingerprint density at radius 1 is 1.39 bits per heavy atom. The van der Waals surface area contributed by atoms with E-state index in [1.54, 1.807) is 12.3 Å². The number of carbonyl (C=O) groups excluding carboxylic acids is 2. The highest BCUT2D eigenvalue weighted by molar-refractivity contribution is 7.15. The molecule has 0 radical (unpaired) electrons. The molecule has 5 N–H and O–H groups in total. The molecule has 0 aliphatic heterocycles. The highest BCUT2D eigenvalue weighted by Crippen LogP contribution is 2.26. The molecule has 8 heteroatoms. The molecule has 3 amide bonds. The van der Waals surface area contributed by atoms with Crippen molar-refractivity contribution < 1.29 is 9.59 Å². The summed E-state index contributed by atoms with van der Waals surface area (Å²) in [5.74, 6) is 5.27. The van der Waals surface area contributed by atoms with Crippen LogP contribution >= 0.6 is 11.3 Å². The Kier molecular flexibility index (Phi) is 5.38. The van der Waals surface area contributed by atoms with Crippen molar-refractivity contribution in [3.8, 4) is 11.8 Å². The van der Waals surface area contributed by atoms with Crippen molar-refractivity contribution in [1.29, 1.82) is 0 Å². The lowest BCUT2D eigenvalue weighted by molar-refractivity contribution is 0.100. The largest absolute Gasteiger partial charge is 0.365 e. The van der Waals surface area contributed by atoms with Crippen LogP contribution < -0.4 is 16.8 Å². The number of hydrogen-bond acceptors (Lipinski definition) is 4. The van der Waals surface area contributed by atoms with Crippen LogP contribution in [-0.4, -0.2) is 21.7 Å². The van der Waals surface area contributed by atoms with Gasteiger partial charge in [-0.25, -0.2) is 4.79 Å². The van der Waals surface area contributed by atoms with Crippen LogP contribution in [0.2, 0.25) is 0 Å². The summed E-state index contributed by atoms with van der Waals surface area (Å²) in [5.41, 5.74) is 11.4. The molecule has 7 nitrogen and oxygen atoms in total. The van der Waals surface area contributed by atoms with Crippen LogP contribution in [0.1, 0.15) is 39.9 Å². The number of anilines is 1. The van der Waals surface area contributed by atoms with Gasteiger partial charge in [0, 0.05) is 12.7 Å². The van der Waals surface area contributed by atoms with Crippen LogP contribution in [0.15, 0.2) is 18.5 Å². The molecule has 0 aromatic carbocycles. The van der Waals surface area contributed by atoms with Gasteiger partial charge in [0.05, 0.1) is 22.3 Å². The number of thiophene rings is 1. The van der Waals surface area contributed by atoms with Crippen molar-refractivity contribution >= 4 is 29.0 Å². The van der Waals surface area contributed by atoms with Gasteiger partial charge in [-0.2, -0.15) is 5.10 Å². The molecule has 2 aromatic rings. The molecule has 0 aliphatic rings. The molecular formula is C15H17N5O2S. The number of unbranched alkanes of at least 4 members (excludes halogenated alkanes) is 1. The first-order chi connectivity index (χ1) is 11.0. The van der Waals surface area contributed by atoms with E-state index in [-0.39, 0.29) is 10.6 Å². The van der Waals surface area contributed by atoms with Gasteiger partial charge in [0.25, 0.3) is 5.91 Å². The van der Waals surface area contributed by atoms with Crippen LogP contribution in [0.5, 0.6) is 0 Å². The van der Waals surface area contributed by atoms with Crippen molar-refractivity contribution in [3.63, 3.8) is 0 Å². The normalized spacial score (nSPS) is 9.96. The van der Waals surface area contributed by atoms with Crippen LogP contribution in [0.4, 0.5) is 10.5 Å². The molecule has 2 heterocycles. The maximum absolute atomic E-state index is 11.4. The van der Waals surface area contributed by atoms with Crippen LogP contribution in [-0.2, 0) is 6.54 Å². The standard InChI is InChI=1S/C15H17N5O2S/c1-2-3-6-20-9-10(8-18-20)4-5-11-7-12(19-15(17)22)13(23-11)14(16)21/h7-9H,2-3,6H2,1H3,(H2,16,21)(H3,17,19,22). The van der Waals surface area contributed by atoms with Crippen molar-refractivity contribution in [1.82, 2.24) is 9.78 Å². The highest BCUT2D eigenvalue weighted by Gasteiger charge is 2.14. The summed E-state index contributed by atoms with van der Waals surface area (Å²) in [6.07, 6.45) is 5.72. The molecule has 2 aromatic heterocycles. The van der Waals surface area contributed by atoms with Crippen molar-refractivity contribution in [2.24, 2.45) is 11.5 Å². The second-order valence-corrected chi connectivity index (χ2v) is 5.85. The maximum Gasteiger partial charge on any atom is 0.316 e. The van der Waals surface area contributed by atoms with E-state index in [0.717, 1.165) is 36.3 Å². The third-order valence-corrected chi connectivity index (χ3v) is 3.98. The molecule has 0 aliphatic carbocycles. The third-order valence-electron chi connectivity index (χ3n) is 2.92. The first kappa shape index (κ1) is 16.6. The fourth-order valence-corrected chi connectivity index (χ4v) is 2.68. The van der Waals surface area contributed by atoms with Gasteiger partial charge in [-0.15, -0.1) is 11.3 Å². The summed E-state index contributed by atoms with van der Waals surface area (Å²) >= 11 is 1.10. The fraction of sp³-hybridized carbons (Fsp3) is 0.267. The Labute approximate surface area is 137 Å². The molecule has 120 valence electrons. The highest BCUT2D eigenvalue weighted by atomic mass is 32.1. The summed E-state index contributed by atoms with van der Waals surface area (Å²) < 4.78 is 1.84. The third kappa shape index (κ3) is 4.59. The maximum atomic E-state index is 11.4. The second-order valence-electron chi connectivity index (χ2n) is 4.80. The van der Waals surface area contributed by atoms with E-state index in [0.29, 0.717) is 4.88 Å². The van der Waals surface area contributed by atoms with E-state index in [9.17, 15) is 9.59 Å². The number of carbonyl (C=O) groups is 2. The van der Waals surface area contributed by atoms with Gasteiger partial charge in [0.15, 0.2) is 0 Å². The van der Waals surface area contributed by atoms with Crippen LogP contribution in [0, 0.1) is 11.8 Å². The van der Waals surface area contributed by atoms with E-state index in [4.69, 9.17) is 11.5 Å². The quantitative estimate of drug-likeness (QED) is 0.724. The number of rotatable bonds is 5. The number of nitrogens with zero attached hydrogens (tertiary/aromatic N) is 2. The Balaban J connectivity index is 2.18. The Morgan fingerprint density at radius 2 is 2.17 bits per heavy atom. The lowest BCUT2D eigenvalue weighted by Crippen LogP contribution is -2.21. The minimum Gasteiger partial charge on any atom is -0.365 e. The van der Waals surface area contributed by atoms with E-state index < -0.39 is 11.9 Å². The van der Waals surface area contributed by atoms with E-state index >= 15 is 0 Å². The zero-order valence-corrected chi connectivity index (χ0v) is 13.4. The van der Waals surface area contributed by atoms with Crippen molar-refractivity contribution in [2.45, 2.75) is 26.3 Å². The summed E-state index contributed by atoms with van der Waals surface area (Å²) in [6.45, 7) is 2.98. The molecular weight excluding hydrogens is 314 g/mol. The fourth-order valence-electron chi connectivity index (χ4n) is 1.87. The molecule has 0 atom stereocenters. The zero-order valence-electron chi connectivity index (χ0n) is 12.6. The van der Waals surface area contributed by atoms with E-state index in [2.05, 4.69) is 29.2 Å². The number of urea groups is 1. The zero-order chi connectivity index (χ0) is 16.8. The molecule has 0 fully saturated rings. The molecule has 0 saturated heterocycles. The van der Waals surface area contributed by atoms with Gasteiger partial charge in [0.1, 0.15) is 4.88 Å². The summed E-state index contributed by atoms with van der Waals surface area (Å²) in [4.78, 5) is 23.1. The number of nitrogens with one attached hydrogen (secondary N) is 1. The minimum absolute atomic E-state index is 0.215. The van der Waals surface area contributed by atoms with Crippen LogP contribution in [0.25, 0.3) is 0 Å². The number of amides is 3. The van der Waals surface area contributed by atoms with Gasteiger partial charge in [-0.05, 0) is 12.5 Å². The van der Waals surface area contributed by atoms with Gasteiger partial charge in [-0.3, -0.25) is 9.48 Å². The van der Waals surface area contributed by atoms with Gasteiger partial charge >= 0.3 is 6.03 Å². The summed E-state index contributed by atoms with van der Waals surface area (Å²) in [5, 5.41) is 6.59. The molecule has 0 bridgehead atoms. The van der Waals surface area contributed by atoms with Gasteiger partial charge < -0.3 is 16.8 Å².